The first-order valence-electron chi connectivity index (χ1n) is 9.97. The molecule has 3 aromatic rings. The molecule has 3 aromatic carbocycles. The lowest BCUT2D eigenvalue weighted by molar-refractivity contribution is -0.385. The topological polar surface area (TPSA) is 103 Å². The number of nitro benzene ring substituents is 1. The average molecular weight is 508 g/mol. The van der Waals surface area contributed by atoms with Gasteiger partial charge in [-0.1, -0.05) is 11.6 Å². The number of hydrogen-bond donors (Lipinski definition) is 1. The quantitative estimate of drug-likeness (QED) is 0.221. The lowest BCUT2D eigenvalue weighted by Crippen LogP contribution is -2.17. The number of hydrogen-bond acceptors (Lipinski definition) is 6. The minimum Gasteiger partial charge on any atom is -0.490 e. The molecule has 0 spiro atoms. The number of nitrogens with one attached hydrogen (secondary N) is 1. The van der Waals surface area contributed by atoms with Crippen LogP contribution in [0.25, 0.3) is 0 Å². The molecule has 0 heterocycles. The molecule has 1 N–H and O–H groups in total. The van der Waals surface area contributed by atoms with E-state index in [1.807, 2.05) is 0 Å². The van der Waals surface area contributed by atoms with E-state index in [9.17, 15) is 28.1 Å². The standard InChI is InChI=1S/C23H17ClF3N3O5/c1-2-34-21-11-14(13-28-29-22(31)15-4-7-17(24)8-5-15)3-9-20(21)35-19-10-6-16(23(25,26)27)12-18(19)30(32)33/h3-13H,2H2,1H3,(H,29,31)/b28-13+. The van der Waals surface area contributed by atoms with Crippen LogP contribution in [0.5, 0.6) is 17.2 Å². The van der Waals surface area contributed by atoms with E-state index < -0.39 is 28.3 Å². The first-order valence-corrected chi connectivity index (χ1v) is 10.4. The molecule has 1 amide bonds. The van der Waals surface area contributed by atoms with Crippen LogP contribution in [0.4, 0.5) is 18.9 Å². The Labute approximate surface area is 202 Å². The summed E-state index contributed by atoms with van der Waals surface area (Å²) in [6.07, 6.45) is -3.41. The van der Waals surface area contributed by atoms with Crippen molar-refractivity contribution in [1.29, 1.82) is 0 Å². The van der Waals surface area contributed by atoms with Crippen LogP contribution in [0.15, 0.2) is 65.8 Å². The van der Waals surface area contributed by atoms with E-state index in [1.165, 1.54) is 36.5 Å². The lowest BCUT2D eigenvalue weighted by atomic mass is 10.1. The van der Waals surface area contributed by atoms with Crippen LogP contribution in [-0.2, 0) is 6.18 Å². The number of alkyl halides is 3. The van der Waals surface area contributed by atoms with Crippen LogP contribution in [-0.4, -0.2) is 23.7 Å². The van der Waals surface area contributed by atoms with Crippen LogP contribution in [0.2, 0.25) is 5.02 Å². The number of carbonyl (C=O) groups excluding carboxylic acids is 1. The third-order valence-corrected chi connectivity index (χ3v) is 4.71. The van der Waals surface area contributed by atoms with Gasteiger partial charge in [-0.2, -0.15) is 18.3 Å². The van der Waals surface area contributed by atoms with E-state index in [1.54, 1.807) is 19.1 Å². The van der Waals surface area contributed by atoms with Crippen LogP contribution < -0.4 is 14.9 Å². The van der Waals surface area contributed by atoms with Crippen molar-refractivity contribution in [2.24, 2.45) is 5.10 Å². The van der Waals surface area contributed by atoms with Gasteiger partial charge >= 0.3 is 11.9 Å². The summed E-state index contributed by atoms with van der Waals surface area (Å²) in [6.45, 7) is 1.90. The molecule has 3 rings (SSSR count). The second-order valence-electron chi connectivity index (χ2n) is 6.88. The van der Waals surface area contributed by atoms with Gasteiger partial charge in [0.05, 0.1) is 23.3 Å². The average Bonchev–Trinajstić information content (AvgIpc) is 2.80. The van der Waals surface area contributed by atoms with E-state index >= 15 is 0 Å². The molecule has 12 heteroatoms. The van der Waals surface area contributed by atoms with Crippen molar-refractivity contribution < 1.29 is 32.4 Å². The highest BCUT2D eigenvalue weighted by Crippen LogP contribution is 2.40. The number of nitro groups is 1. The zero-order valence-electron chi connectivity index (χ0n) is 18.0. The molecule has 0 aliphatic rings. The number of nitrogens with zero attached hydrogens (tertiary/aromatic N) is 2. The SMILES string of the molecule is CCOc1cc(/C=N/NC(=O)c2ccc(Cl)cc2)ccc1Oc1ccc(C(F)(F)F)cc1[N+](=O)[O-]. The number of rotatable bonds is 8. The molecule has 0 saturated carbocycles. The first-order chi connectivity index (χ1) is 16.6. The van der Waals surface area contributed by atoms with E-state index in [-0.39, 0.29) is 23.9 Å². The lowest BCUT2D eigenvalue weighted by Gasteiger charge is -2.13. The third kappa shape index (κ3) is 6.70. The third-order valence-electron chi connectivity index (χ3n) is 4.46. The van der Waals surface area contributed by atoms with Gasteiger partial charge in [0.1, 0.15) is 0 Å². The van der Waals surface area contributed by atoms with Crippen LogP contribution in [0.3, 0.4) is 0 Å². The van der Waals surface area contributed by atoms with Gasteiger partial charge in [0.25, 0.3) is 5.91 Å². The van der Waals surface area contributed by atoms with Crippen molar-refractivity contribution >= 4 is 29.4 Å². The summed E-state index contributed by atoms with van der Waals surface area (Å²) in [5.41, 5.74) is 1.17. The molecule has 0 atom stereocenters. The molecule has 35 heavy (non-hydrogen) atoms. The van der Waals surface area contributed by atoms with Gasteiger partial charge in [0, 0.05) is 16.7 Å². The largest absolute Gasteiger partial charge is 0.490 e. The summed E-state index contributed by atoms with van der Waals surface area (Å²) in [7, 11) is 0. The van der Waals surface area contributed by atoms with Crippen LogP contribution in [0.1, 0.15) is 28.4 Å². The molecule has 0 saturated heterocycles. The highest BCUT2D eigenvalue weighted by atomic mass is 35.5. The predicted molar refractivity (Wildman–Crippen MR) is 122 cm³/mol. The van der Waals surface area contributed by atoms with E-state index in [4.69, 9.17) is 21.1 Å². The number of carbonyl (C=O) groups is 1. The molecule has 0 radical (unpaired) electrons. The molecule has 0 fully saturated rings. The van der Waals surface area contributed by atoms with Gasteiger partial charge in [-0.05, 0) is 67.1 Å². The summed E-state index contributed by atoms with van der Waals surface area (Å²) >= 11 is 5.79. The maximum Gasteiger partial charge on any atom is 0.416 e. The van der Waals surface area contributed by atoms with Crippen molar-refractivity contribution in [3.63, 3.8) is 0 Å². The normalized spacial score (nSPS) is 11.3. The summed E-state index contributed by atoms with van der Waals surface area (Å²) < 4.78 is 49.8. The van der Waals surface area contributed by atoms with E-state index in [0.717, 1.165) is 6.07 Å². The second-order valence-corrected chi connectivity index (χ2v) is 7.32. The fourth-order valence-electron chi connectivity index (χ4n) is 2.83. The fraction of sp³-hybridized carbons (Fsp3) is 0.130. The summed E-state index contributed by atoms with van der Waals surface area (Å²) in [5.74, 6) is -0.648. The number of amides is 1. The molecule has 0 aliphatic heterocycles. The van der Waals surface area contributed by atoms with Crippen molar-refractivity contribution in [2.75, 3.05) is 6.61 Å². The zero-order valence-corrected chi connectivity index (χ0v) is 18.8. The van der Waals surface area contributed by atoms with Crippen LogP contribution in [0, 0.1) is 10.1 Å². The Kier molecular flexibility index (Phi) is 7.92. The molecule has 182 valence electrons. The predicted octanol–water partition coefficient (Wildman–Crippen LogP) is 6.22. The van der Waals surface area contributed by atoms with Gasteiger partial charge in [-0.3, -0.25) is 14.9 Å². The Morgan fingerprint density at radius 3 is 2.40 bits per heavy atom. The van der Waals surface area contributed by atoms with Crippen molar-refractivity contribution in [3.05, 3.63) is 92.5 Å². The minimum absolute atomic E-state index is 0.0389. The Balaban J connectivity index is 1.81. The van der Waals surface area contributed by atoms with Crippen LogP contribution >= 0.6 is 11.6 Å². The first kappa shape index (κ1) is 25.5. The zero-order chi connectivity index (χ0) is 25.6. The van der Waals surface area contributed by atoms with Gasteiger partial charge in [-0.15, -0.1) is 0 Å². The maximum absolute atomic E-state index is 12.9. The molecule has 0 unspecified atom stereocenters. The Bertz CT molecular complexity index is 1260. The highest BCUT2D eigenvalue weighted by molar-refractivity contribution is 6.30. The highest BCUT2D eigenvalue weighted by Gasteiger charge is 2.33. The number of ether oxygens (including phenoxy) is 2. The monoisotopic (exact) mass is 507 g/mol. The number of benzene rings is 3. The maximum atomic E-state index is 12.9. The molecular weight excluding hydrogens is 491 g/mol. The van der Waals surface area contributed by atoms with Gasteiger partial charge in [0.2, 0.25) is 5.75 Å². The minimum atomic E-state index is -4.75. The molecule has 8 nitrogen and oxygen atoms in total. The summed E-state index contributed by atoms with van der Waals surface area (Å²) in [6, 6.07) is 12.6. The smallest absolute Gasteiger partial charge is 0.416 e. The van der Waals surface area contributed by atoms with Crippen molar-refractivity contribution in [2.45, 2.75) is 13.1 Å². The van der Waals surface area contributed by atoms with Crippen molar-refractivity contribution in [3.8, 4) is 17.2 Å². The Hall–Kier alpha value is -4.12. The summed E-state index contributed by atoms with van der Waals surface area (Å²) in [5, 5.41) is 15.7. The van der Waals surface area contributed by atoms with E-state index in [2.05, 4.69) is 10.5 Å². The van der Waals surface area contributed by atoms with E-state index in [0.29, 0.717) is 28.3 Å². The Morgan fingerprint density at radius 1 is 1.09 bits per heavy atom. The van der Waals surface area contributed by atoms with Crippen molar-refractivity contribution in [1.82, 2.24) is 5.43 Å². The molecule has 0 aromatic heterocycles. The molecule has 0 bridgehead atoms. The van der Waals surface area contributed by atoms with Gasteiger partial charge < -0.3 is 9.47 Å². The second kappa shape index (κ2) is 10.9. The Morgan fingerprint density at radius 2 is 1.77 bits per heavy atom. The number of hydrazone groups is 1. The molecular formula is C23H17ClF3N3O5. The fourth-order valence-corrected chi connectivity index (χ4v) is 2.96. The van der Waals surface area contributed by atoms with Gasteiger partial charge in [0.15, 0.2) is 11.5 Å². The number of halogens is 4. The molecule has 0 aliphatic carbocycles. The van der Waals surface area contributed by atoms with Gasteiger partial charge in [-0.25, -0.2) is 5.43 Å². The summed E-state index contributed by atoms with van der Waals surface area (Å²) in [4.78, 5) is 22.5.